The molecule has 2 aromatic heterocycles. The van der Waals surface area contributed by atoms with Gasteiger partial charge in [0, 0.05) is 25.0 Å². The fraction of sp³-hybridized carbons (Fsp3) is 0.238. The van der Waals surface area contributed by atoms with E-state index in [1.54, 1.807) is 7.05 Å². The number of fused-ring (bicyclic) bond motifs is 2. The minimum atomic E-state index is 0. The van der Waals surface area contributed by atoms with Crippen molar-refractivity contribution in [1.82, 2.24) is 20.2 Å². The number of rotatable bonds is 4. The lowest BCUT2D eigenvalue weighted by Crippen LogP contribution is -2.36. The van der Waals surface area contributed by atoms with Crippen LogP contribution in [0.4, 0.5) is 0 Å². The highest BCUT2D eigenvalue weighted by atomic mass is 127. The van der Waals surface area contributed by atoms with Gasteiger partial charge in [0.15, 0.2) is 5.96 Å². The summed E-state index contributed by atoms with van der Waals surface area (Å²) >= 11 is 0. The number of nitrogens with one attached hydrogen (secondary N) is 2. The van der Waals surface area contributed by atoms with Gasteiger partial charge in [-0.1, -0.05) is 30.3 Å². The van der Waals surface area contributed by atoms with Crippen molar-refractivity contribution in [2.24, 2.45) is 12.0 Å². The molecule has 0 saturated heterocycles. The van der Waals surface area contributed by atoms with Crippen molar-refractivity contribution < 1.29 is 4.42 Å². The molecule has 0 radical (unpaired) electrons. The van der Waals surface area contributed by atoms with Crippen LogP contribution < -0.4 is 10.6 Å². The summed E-state index contributed by atoms with van der Waals surface area (Å²) in [6.45, 7) is 3.24. The quantitative estimate of drug-likeness (QED) is 0.257. The Morgan fingerprint density at radius 1 is 1.07 bits per heavy atom. The van der Waals surface area contributed by atoms with Gasteiger partial charge in [-0.25, -0.2) is 4.98 Å². The van der Waals surface area contributed by atoms with Crippen molar-refractivity contribution in [3.8, 4) is 0 Å². The number of hydrogen-bond donors (Lipinski definition) is 2. The van der Waals surface area contributed by atoms with E-state index in [4.69, 9.17) is 4.42 Å². The monoisotopic (exact) mass is 489 g/mol. The summed E-state index contributed by atoms with van der Waals surface area (Å²) in [5.74, 6) is 2.59. The van der Waals surface area contributed by atoms with Crippen LogP contribution in [0.3, 0.4) is 0 Å². The van der Waals surface area contributed by atoms with E-state index in [1.807, 2.05) is 43.4 Å². The van der Waals surface area contributed by atoms with Gasteiger partial charge >= 0.3 is 0 Å². The maximum atomic E-state index is 5.95. The van der Waals surface area contributed by atoms with Gasteiger partial charge in [0.1, 0.15) is 17.2 Å². The Morgan fingerprint density at radius 3 is 2.54 bits per heavy atom. The number of imidazole rings is 1. The smallest absolute Gasteiger partial charge is 0.191 e. The molecular formula is C21H24IN5O. The van der Waals surface area contributed by atoms with Crippen LogP contribution in [0.5, 0.6) is 0 Å². The first kappa shape index (κ1) is 20.2. The van der Waals surface area contributed by atoms with E-state index < -0.39 is 0 Å². The Labute approximate surface area is 181 Å². The molecule has 28 heavy (non-hydrogen) atoms. The third kappa shape index (κ3) is 3.84. The van der Waals surface area contributed by atoms with Crippen LogP contribution in [0.2, 0.25) is 0 Å². The van der Waals surface area contributed by atoms with Gasteiger partial charge in [-0.3, -0.25) is 4.99 Å². The molecular weight excluding hydrogens is 465 g/mol. The van der Waals surface area contributed by atoms with Crippen molar-refractivity contribution >= 4 is 51.9 Å². The molecule has 2 aromatic carbocycles. The zero-order valence-corrected chi connectivity index (χ0v) is 18.5. The number of aryl methyl sites for hydroxylation is 2. The van der Waals surface area contributed by atoms with E-state index in [0.29, 0.717) is 19.0 Å². The zero-order valence-electron chi connectivity index (χ0n) is 16.2. The van der Waals surface area contributed by atoms with Crippen LogP contribution in [-0.4, -0.2) is 22.6 Å². The van der Waals surface area contributed by atoms with E-state index in [9.17, 15) is 0 Å². The lowest BCUT2D eigenvalue weighted by atomic mass is 10.1. The SMILES string of the molecule is CN=C(NCc1oc2ccccc2c1C)NCc1nc2ccccc2n1C.I. The highest BCUT2D eigenvalue weighted by molar-refractivity contribution is 14.0. The number of hydrogen-bond acceptors (Lipinski definition) is 3. The number of halogens is 1. The lowest BCUT2D eigenvalue weighted by Gasteiger charge is -2.11. The summed E-state index contributed by atoms with van der Waals surface area (Å²) in [6, 6.07) is 16.2. The molecule has 0 aliphatic heterocycles. The minimum absolute atomic E-state index is 0. The maximum Gasteiger partial charge on any atom is 0.191 e. The number of furan rings is 1. The second-order valence-electron chi connectivity index (χ2n) is 6.50. The normalized spacial score (nSPS) is 11.6. The third-order valence-corrected chi connectivity index (χ3v) is 4.88. The average molecular weight is 489 g/mol. The summed E-state index contributed by atoms with van der Waals surface area (Å²) in [5, 5.41) is 7.79. The van der Waals surface area contributed by atoms with Crippen LogP contribution in [0.25, 0.3) is 22.0 Å². The summed E-state index contributed by atoms with van der Waals surface area (Å²) < 4.78 is 8.05. The maximum absolute atomic E-state index is 5.95. The van der Waals surface area contributed by atoms with Crippen LogP contribution in [0.1, 0.15) is 17.1 Å². The third-order valence-electron chi connectivity index (χ3n) is 4.88. The van der Waals surface area contributed by atoms with Gasteiger partial charge in [-0.2, -0.15) is 0 Å². The Morgan fingerprint density at radius 2 is 1.79 bits per heavy atom. The lowest BCUT2D eigenvalue weighted by molar-refractivity contribution is 0.534. The fourth-order valence-corrected chi connectivity index (χ4v) is 3.29. The van der Waals surface area contributed by atoms with E-state index in [-0.39, 0.29) is 24.0 Å². The molecule has 6 nitrogen and oxygen atoms in total. The summed E-state index contributed by atoms with van der Waals surface area (Å²) in [4.78, 5) is 8.98. The largest absolute Gasteiger partial charge is 0.459 e. The van der Waals surface area contributed by atoms with Gasteiger partial charge in [0.05, 0.1) is 24.1 Å². The van der Waals surface area contributed by atoms with Crippen molar-refractivity contribution in [3.05, 3.63) is 65.7 Å². The molecule has 0 unspecified atom stereocenters. The van der Waals surface area contributed by atoms with Gasteiger partial charge in [-0.05, 0) is 25.1 Å². The zero-order chi connectivity index (χ0) is 18.8. The van der Waals surface area contributed by atoms with Crippen LogP contribution >= 0.6 is 24.0 Å². The highest BCUT2D eigenvalue weighted by Crippen LogP contribution is 2.24. The molecule has 146 valence electrons. The molecule has 0 aliphatic carbocycles. The first-order chi connectivity index (χ1) is 13.2. The first-order valence-corrected chi connectivity index (χ1v) is 8.99. The number of aromatic nitrogens is 2. The van der Waals surface area contributed by atoms with Gasteiger partial charge in [-0.15, -0.1) is 24.0 Å². The highest BCUT2D eigenvalue weighted by Gasteiger charge is 2.11. The van der Waals surface area contributed by atoms with Gasteiger partial charge in [0.25, 0.3) is 0 Å². The number of para-hydroxylation sites is 3. The van der Waals surface area contributed by atoms with Crippen molar-refractivity contribution in [2.75, 3.05) is 7.05 Å². The van der Waals surface area contributed by atoms with Gasteiger partial charge in [0.2, 0.25) is 0 Å². The number of benzene rings is 2. The molecule has 0 fully saturated rings. The molecule has 0 spiro atoms. The number of aliphatic imine (C=N–C) groups is 1. The van der Waals surface area contributed by atoms with Crippen molar-refractivity contribution in [3.63, 3.8) is 0 Å². The van der Waals surface area contributed by atoms with Crippen molar-refractivity contribution in [2.45, 2.75) is 20.0 Å². The molecule has 0 aliphatic rings. The van der Waals surface area contributed by atoms with Crippen LogP contribution in [0, 0.1) is 6.92 Å². The van der Waals surface area contributed by atoms with E-state index >= 15 is 0 Å². The summed E-state index contributed by atoms with van der Waals surface area (Å²) in [6.07, 6.45) is 0. The number of guanidine groups is 1. The molecule has 0 saturated carbocycles. The predicted molar refractivity (Wildman–Crippen MR) is 124 cm³/mol. The first-order valence-electron chi connectivity index (χ1n) is 8.99. The van der Waals surface area contributed by atoms with Crippen LogP contribution in [0.15, 0.2) is 57.9 Å². The van der Waals surface area contributed by atoms with E-state index in [2.05, 4.69) is 44.2 Å². The Hall–Kier alpha value is -2.55. The molecule has 0 bridgehead atoms. The molecule has 0 atom stereocenters. The second kappa shape index (κ2) is 8.64. The summed E-state index contributed by atoms with van der Waals surface area (Å²) in [7, 11) is 3.79. The molecule has 4 aromatic rings. The van der Waals surface area contributed by atoms with E-state index in [1.165, 1.54) is 0 Å². The molecule has 4 rings (SSSR count). The Kier molecular flexibility index (Phi) is 6.23. The molecule has 0 amide bonds. The Bertz CT molecular complexity index is 1040. The Balaban J connectivity index is 0.00000225. The fourth-order valence-electron chi connectivity index (χ4n) is 3.29. The summed E-state index contributed by atoms with van der Waals surface area (Å²) in [5.41, 5.74) is 4.19. The van der Waals surface area contributed by atoms with Gasteiger partial charge < -0.3 is 19.6 Å². The topological polar surface area (TPSA) is 67.4 Å². The predicted octanol–water partition coefficient (Wildman–Crippen LogP) is 4.11. The average Bonchev–Trinajstić information content (AvgIpc) is 3.20. The van der Waals surface area contributed by atoms with Crippen LogP contribution in [-0.2, 0) is 20.1 Å². The molecule has 2 N–H and O–H groups in total. The second-order valence-corrected chi connectivity index (χ2v) is 6.50. The van der Waals surface area contributed by atoms with Crippen molar-refractivity contribution in [1.29, 1.82) is 0 Å². The van der Waals surface area contributed by atoms with E-state index in [0.717, 1.165) is 39.2 Å². The number of nitrogens with zero attached hydrogens (tertiary/aromatic N) is 3. The standard InChI is InChI=1S/C21H23N5O.HI/c1-14-15-8-4-7-11-18(15)27-19(14)12-23-21(22-2)24-13-20-25-16-9-5-6-10-17(16)26(20)3;/h4-11H,12-13H2,1-3H3,(H2,22,23,24);1H. The molecule has 2 heterocycles. The minimum Gasteiger partial charge on any atom is -0.459 e. The molecule has 7 heteroatoms.